The van der Waals surface area contributed by atoms with Crippen molar-refractivity contribution in [1.29, 1.82) is 0 Å². The molecule has 2 heterocycles. The number of methoxy groups -OCH3 is 1. The Bertz CT molecular complexity index is 940. The lowest BCUT2D eigenvalue weighted by molar-refractivity contribution is 0.0756. The molecule has 0 aliphatic carbocycles. The molecule has 0 saturated carbocycles. The summed E-state index contributed by atoms with van der Waals surface area (Å²) in [4.78, 5) is 21.9. The van der Waals surface area contributed by atoms with Gasteiger partial charge in [-0.05, 0) is 24.1 Å². The maximum absolute atomic E-state index is 13.0. The molecular weight excluding hydrogens is 382 g/mol. The first-order valence-corrected chi connectivity index (χ1v) is 10.8. The van der Waals surface area contributed by atoms with E-state index in [1.807, 2.05) is 52.7 Å². The Kier molecular flexibility index (Phi) is 6.22. The van der Waals surface area contributed by atoms with Crippen molar-refractivity contribution in [2.24, 2.45) is 0 Å². The molecule has 4 rings (SSSR count). The second kappa shape index (κ2) is 9.20. The first-order valence-electron chi connectivity index (χ1n) is 9.88. The van der Waals surface area contributed by atoms with E-state index in [0.29, 0.717) is 5.69 Å². The predicted molar refractivity (Wildman–Crippen MR) is 116 cm³/mol. The van der Waals surface area contributed by atoms with Crippen LogP contribution in [-0.2, 0) is 6.54 Å². The van der Waals surface area contributed by atoms with Gasteiger partial charge in [-0.1, -0.05) is 42.5 Å². The molecule has 3 aromatic rings. The molecule has 2 aromatic carbocycles. The lowest BCUT2D eigenvalue weighted by Crippen LogP contribution is -2.35. The molecule has 1 aromatic heterocycles. The number of carbonyl (C=O) groups excluding carboxylic acids is 1. The van der Waals surface area contributed by atoms with Gasteiger partial charge in [-0.25, -0.2) is 4.98 Å². The fraction of sp³-hybridized carbons (Fsp3) is 0.304. The van der Waals surface area contributed by atoms with E-state index in [9.17, 15) is 4.79 Å². The van der Waals surface area contributed by atoms with Gasteiger partial charge in [0.15, 0.2) is 0 Å². The SMILES string of the molecule is COc1ccc(CN2CCCN(C(=O)c3csc(-c4ccccc4)n3)CC2)cc1. The van der Waals surface area contributed by atoms with E-state index < -0.39 is 0 Å². The quantitative estimate of drug-likeness (QED) is 0.637. The summed E-state index contributed by atoms with van der Waals surface area (Å²) in [7, 11) is 1.68. The lowest BCUT2D eigenvalue weighted by atomic mass is 10.2. The summed E-state index contributed by atoms with van der Waals surface area (Å²) in [5.41, 5.74) is 2.87. The molecule has 1 amide bonds. The molecule has 0 radical (unpaired) electrons. The minimum absolute atomic E-state index is 0.0368. The minimum atomic E-state index is 0.0368. The van der Waals surface area contributed by atoms with Crippen LogP contribution in [0.4, 0.5) is 0 Å². The first kappa shape index (κ1) is 19.6. The van der Waals surface area contributed by atoms with E-state index in [2.05, 4.69) is 22.0 Å². The summed E-state index contributed by atoms with van der Waals surface area (Å²) in [6, 6.07) is 18.2. The molecule has 0 bridgehead atoms. The van der Waals surface area contributed by atoms with Gasteiger partial charge in [-0.15, -0.1) is 11.3 Å². The molecule has 6 heteroatoms. The van der Waals surface area contributed by atoms with E-state index >= 15 is 0 Å². The Balaban J connectivity index is 1.36. The summed E-state index contributed by atoms with van der Waals surface area (Å²) in [5.74, 6) is 0.911. The second-order valence-electron chi connectivity index (χ2n) is 7.17. The number of ether oxygens (including phenoxy) is 1. The maximum Gasteiger partial charge on any atom is 0.273 e. The summed E-state index contributed by atoms with van der Waals surface area (Å²) < 4.78 is 5.23. The molecule has 1 aliphatic heterocycles. The van der Waals surface area contributed by atoms with Crippen molar-refractivity contribution in [3.8, 4) is 16.3 Å². The van der Waals surface area contributed by atoms with E-state index in [-0.39, 0.29) is 5.91 Å². The fourth-order valence-corrected chi connectivity index (χ4v) is 4.37. The van der Waals surface area contributed by atoms with Crippen LogP contribution >= 0.6 is 11.3 Å². The number of thiazole rings is 1. The molecule has 0 atom stereocenters. The largest absolute Gasteiger partial charge is 0.497 e. The number of carbonyl (C=O) groups is 1. The normalized spacial score (nSPS) is 15.1. The van der Waals surface area contributed by atoms with Crippen LogP contribution in [0.1, 0.15) is 22.5 Å². The Hall–Kier alpha value is -2.70. The smallest absolute Gasteiger partial charge is 0.273 e. The van der Waals surface area contributed by atoms with Crippen LogP contribution in [0.3, 0.4) is 0 Å². The topological polar surface area (TPSA) is 45.7 Å². The standard InChI is InChI=1S/C23H25N3O2S/c1-28-20-10-8-18(9-11-20)16-25-12-5-13-26(15-14-25)23(27)21-17-29-22(24-21)19-6-3-2-4-7-19/h2-4,6-11,17H,5,12-16H2,1H3. The van der Waals surface area contributed by atoms with Crippen molar-refractivity contribution in [3.63, 3.8) is 0 Å². The fourth-order valence-electron chi connectivity index (χ4n) is 3.57. The molecule has 1 fully saturated rings. The zero-order chi connectivity index (χ0) is 20.1. The minimum Gasteiger partial charge on any atom is -0.497 e. The van der Waals surface area contributed by atoms with E-state index in [1.54, 1.807) is 7.11 Å². The number of amides is 1. The van der Waals surface area contributed by atoms with Gasteiger partial charge in [-0.2, -0.15) is 0 Å². The monoisotopic (exact) mass is 407 g/mol. The average molecular weight is 408 g/mol. The van der Waals surface area contributed by atoms with Crippen molar-refractivity contribution in [1.82, 2.24) is 14.8 Å². The van der Waals surface area contributed by atoms with Crippen LogP contribution in [0.5, 0.6) is 5.75 Å². The van der Waals surface area contributed by atoms with Gasteiger partial charge in [0.1, 0.15) is 16.5 Å². The Labute approximate surface area is 175 Å². The molecule has 29 heavy (non-hydrogen) atoms. The van der Waals surface area contributed by atoms with Crippen LogP contribution in [0.15, 0.2) is 60.0 Å². The highest BCUT2D eigenvalue weighted by molar-refractivity contribution is 7.13. The Morgan fingerprint density at radius 1 is 1.03 bits per heavy atom. The van der Waals surface area contributed by atoms with Crippen LogP contribution in [0.25, 0.3) is 10.6 Å². The maximum atomic E-state index is 13.0. The van der Waals surface area contributed by atoms with E-state index in [4.69, 9.17) is 4.74 Å². The van der Waals surface area contributed by atoms with E-state index in [0.717, 1.165) is 55.5 Å². The van der Waals surface area contributed by atoms with Crippen molar-refractivity contribution < 1.29 is 9.53 Å². The third-order valence-electron chi connectivity index (χ3n) is 5.19. The van der Waals surface area contributed by atoms with Crippen LogP contribution in [-0.4, -0.2) is 54.0 Å². The van der Waals surface area contributed by atoms with Crippen molar-refractivity contribution in [2.45, 2.75) is 13.0 Å². The summed E-state index contributed by atoms with van der Waals surface area (Å²) in [5, 5.41) is 2.77. The van der Waals surface area contributed by atoms with Gasteiger partial charge in [0.2, 0.25) is 0 Å². The number of hydrogen-bond acceptors (Lipinski definition) is 5. The van der Waals surface area contributed by atoms with E-state index in [1.165, 1.54) is 16.9 Å². The predicted octanol–water partition coefficient (Wildman–Crippen LogP) is 4.17. The van der Waals surface area contributed by atoms with Gasteiger partial charge in [0.05, 0.1) is 7.11 Å². The number of benzene rings is 2. The average Bonchev–Trinajstić information content (AvgIpc) is 3.15. The summed E-state index contributed by atoms with van der Waals surface area (Å²) in [6.45, 7) is 4.25. The number of hydrogen-bond donors (Lipinski definition) is 0. The van der Waals surface area contributed by atoms with Crippen LogP contribution in [0.2, 0.25) is 0 Å². The zero-order valence-electron chi connectivity index (χ0n) is 16.6. The lowest BCUT2D eigenvalue weighted by Gasteiger charge is -2.21. The van der Waals surface area contributed by atoms with Crippen LogP contribution in [0, 0.1) is 0 Å². The van der Waals surface area contributed by atoms with Gasteiger partial charge in [-0.3, -0.25) is 9.69 Å². The molecule has 0 spiro atoms. The van der Waals surface area contributed by atoms with Crippen molar-refractivity contribution in [2.75, 3.05) is 33.3 Å². The van der Waals surface area contributed by atoms with Gasteiger partial charge < -0.3 is 9.64 Å². The zero-order valence-corrected chi connectivity index (χ0v) is 17.4. The Morgan fingerprint density at radius 2 is 1.83 bits per heavy atom. The van der Waals surface area contributed by atoms with Crippen molar-refractivity contribution in [3.05, 3.63) is 71.2 Å². The number of aromatic nitrogens is 1. The number of rotatable bonds is 5. The first-order chi connectivity index (χ1) is 14.2. The summed E-state index contributed by atoms with van der Waals surface area (Å²) in [6.07, 6.45) is 0.970. The third kappa shape index (κ3) is 4.83. The molecule has 5 nitrogen and oxygen atoms in total. The highest BCUT2D eigenvalue weighted by Gasteiger charge is 2.22. The molecular formula is C23H25N3O2S. The summed E-state index contributed by atoms with van der Waals surface area (Å²) >= 11 is 1.53. The van der Waals surface area contributed by atoms with Gasteiger partial charge in [0.25, 0.3) is 5.91 Å². The molecule has 1 saturated heterocycles. The van der Waals surface area contributed by atoms with Crippen molar-refractivity contribution >= 4 is 17.2 Å². The highest BCUT2D eigenvalue weighted by atomic mass is 32.1. The third-order valence-corrected chi connectivity index (χ3v) is 6.08. The molecule has 0 unspecified atom stereocenters. The van der Waals surface area contributed by atoms with Gasteiger partial charge in [0, 0.05) is 43.7 Å². The molecule has 1 aliphatic rings. The second-order valence-corrected chi connectivity index (χ2v) is 8.03. The van der Waals surface area contributed by atoms with Crippen LogP contribution < -0.4 is 4.74 Å². The number of nitrogens with zero attached hydrogens (tertiary/aromatic N) is 3. The molecule has 0 N–H and O–H groups in total. The molecule has 150 valence electrons. The Morgan fingerprint density at radius 3 is 2.59 bits per heavy atom. The van der Waals surface area contributed by atoms with Gasteiger partial charge >= 0.3 is 0 Å². The highest BCUT2D eigenvalue weighted by Crippen LogP contribution is 2.24.